The number of nitrogens with one attached hydrogen (secondary N) is 1. The van der Waals surface area contributed by atoms with Gasteiger partial charge in [0, 0.05) is 18.8 Å². The van der Waals surface area contributed by atoms with Gasteiger partial charge >= 0.3 is 0 Å². The number of pyridine rings is 1. The highest BCUT2D eigenvalue weighted by Gasteiger charge is 2.19. The number of nitrogens with zero attached hydrogens (tertiary/aromatic N) is 1. The fraction of sp³-hybridized carbons (Fsp3) is 0.667. The van der Waals surface area contributed by atoms with E-state index in [2.05, 4.69) is 30.2 Å². The lowest BCUT2D eigenvalue weighted by Gasteiger charge is -2.26. The molecule has 0 bridgehead atoms. The lowest BCUT2D eigenvalue weighted by molar-refractivity contribution is 0.130. The molecule has 100 valence electrons. The molecule has 0 radical (unpaired) electrons. The van der Waals surface area contributed by atoms with Crippen molar-refractivity contribution < 1.29 is 4.74 Å². The van der Waals surface area contributed by atoms with Gasteiger partial charge in [-0.05, 0) is 43.7 Å². The van der Waals surface area contributed by atoms with Crippen molar-refractivity contribution in [2.24, 2.45) is 5.92 Å². The van der Waals surface area contributed by atoms with Gasteiger partial charge in [0.25, 0.3) is 0 Å². The SMILES string of the molecule is CCNCc1ccc(OC2CCC(C)CC2)nc1. The zero-order valence-corrected chi connectivity index (χ0v) is 11.5. The summed E-state index contributed by atoms with van der Waals surface area (Å²) >= 11 is 0. The first-order valence-electron chi connectivity index (χ1n) is 7.10. The predicted octanol–water partition coefficient (Wildman–Crippen LogP) is 3.15. The molecule has 0 saturated heterocycles. The van der Waals surface area contributed by atoms with Crippen molar-refractivity contribution in [1.82, 2.24) is 10.3 Å². The van der Waals surface area contributed by atoms with E-state index in [9.17, 15) is 0 Å². The van der Waals surface area contributed by atoms with Crippen LogP contribution in [0.25, 0.3) is 0 Å². The van der Waals surface area contributed by atoms with Gasteiger partial charge in [0.2, 0.25) is 5.88 Å². The van der Waals surface area contributed by atoms with Gasteiger partial charge in [-0.25, -0.2) is 4.98 Å². The summed E-state index contributed by atoms with van der Waals surface area (Å²) < 4.78 is 5.93. The molecule has 1 aliphatic rings. The summed E-state index contributed by atoms with van der Waals surface area (Å²) in [6.45, 7) is 6.29. The minimum atomic E-state index is 0.369. The lowest BCUT2D eigenvalue weighted by Crippen LogP contribution is -2.23. The van der Waals surface area contributed by atoms with Crippen LogP contribution in [-0.4, -0.2) is 17.6 Å². The Hall–Kier alpha value is -1.09. The van der Waals surface area contributed by atoms with Crippen molar-refractivity contribution in [2.75, 3.05) is 6.54 Å². The summed E-state index contributed by atoms with van der Waals surface area (Å²) in [7, 11) is 0. The first-order chi connectivity index (χ1) is 8.78. The Labute approximate surface area is 110 Å². The second-order valence-electron chi connectivity index (χ2n) is 5.28. The van der Waals surface area contributed by atoms with Crippen molar-refractivity contribution in [3.63, 3.8) is 0 Å². The van der Waals surface area contributed by atoms with Gasteiger partial charge in [-0.3, -0.25) is 0 Å². The lowest BCUT2D eigenvalue weighted by atomic mass is 9.89. The summed E-state index contributed by atoms with van der Waals surface area (Å²) in [5.41, 5.74) is 1.21. The fourth-order valence-electron chi connectivity index (χ4n) is 2.37. The summed E-state index contributed by atoms with van der Waals surface area (Å²) in [5.74, 6) is 1.63. The van der Waals surface area contributed by atoms with Crippen molar-refractivity contribution in [1.29, 1.82) is 0 Å². The Kier molecular flexibility index (Phi) is 5.00. The van der Waals surface area contributed by atoms with Crippen LogP contribution in [0.1, 0.15) is 45.1 Å². The average molecular weight is 248 g/mol. The molecule has 1 saturated carbocycles. The molecule has 1 aromatic heterocycles. The Morgan fingerprint density at radius 2 is 2.06 bits per heavy atom. The second kappa shape index (κ2) is 6.74. The molecule has 0 aliphatic heterocycles. The zero-order chi connectivity index (χ0) is 12.8. The molecule has 3 nitrogen and oxygen atoms in total. The van der Waals surface area contributed by atoms with Gasteiger partial charge in [0.15, 0.2) is 0 Å². The molecule has 1 aliphatic carbocycles. The minimum absolute atomic E-state index is 0.369. The van der Waals surface area contributed by atoms with E-state index >= 15 is 0 Å². The summed E-state index contributed by atoms with van der Waals surface area (Å²) in [6.07, 6.45) is 7.17. The van der Waals surface area contributed by atoms with Gasteiger partial charge in [-0.15, -0.1) is 0 Å². The van der Waals surface area contributed by atoms with Crippen LogP contribution in [0, 0.1) is 5.92 Å². The van der Waals surface area contributed by atoms with Crippen molar-refractivity contribution in [3.8, 4) is 5.88 Å². The van der Waals surface area contributed by atoms with Gasteiger partial charge in [-0.1, -0.05) is 19.9 Å². The van der Waals surface area contributed by atoms with E-state index in [-0.39, 0.29) is 0 Å². The third-order valence-corrected chi connectivity index (χ3v) is 3.63. The number of rotatable bonds is 5. The normalized spacial score (nSPS) is 23.9. The van der Waals surface area contributed by atoms with Crippen LogP contribution in [0.2, 0.25) is 0 Å². The summed E-state index contributed by atoms with van der Waals surface area (Å²) in [5, 5.41) is 3.29. The average Bonchev–Trinajstić information content (AvgIpc) is 2.41. The maximum absolute atomic E-state index is 5.93. The van der Waals surface area contributed by atoms with E-state index < -0.39 is 0 Å². The quantitative estimate of drug-likeness (QED) is 0.869. The third-order valence-electron chi connectivity index (χ3n) is 3.63. The van der Waals surface area contributed by atoms with Crippen LogP contribution in [0.5, 0.6) is 5.88 Å². The maximum Gasteiger partial charge on any atom is 0.213 e. The molecule has 1 N–H and O–H groups in total. The predicted molar refractivity (Wildman–Crippen MR) is 73.7 cm³/mol. The Morgan fingerprint density at radius 3 is 2.67 bits per heavy atom. The van der Waals surface area contributed by atoms with Crippen LogP contribution in [-0.2, 0) is 6.54 Å². The van der Waals surface area contributed by atoms with Crippen LogP contribution < -0.4 is 10.1 Å². The van der Waals surface area contributed by atoms with Gasteiger partial charge in [0.05, 0.1) is 0 Å². The van der Waals surface area contributed by atoms with Crippen molar-refractivity contribution in [3.05, 3.63) is 23.9 Å². The molecule has 3 heteroatoms. The molecule has 0 amide bonds. The number of hydrogen-bond donors (Lipinski definition) is 1. The first kappa shape index (κ1) is 13.3. The molecule has 1 fully saturated rings. The monoisotopic (exact) mass is 248 g/mol. The highest BCUT2D eigenvalue weighted by molar-refractivity contribution is 5.18. The van der Waals surface area contributed by atoms with Crippen LogP contribution in [0.4, 0.5) is 0 Å². The van der Waals surface area contributed by atoms with E-state index in [0.717, 1.165) is 24.9 Å². The van der Waals surface area contributed by atoms with Gasteiger partial charge in [-0.2, -0.15) is 0 Å². The minimum Gasteiger partial charge on any atom is -0.474 e. The Balaban J connectivity index is 1.82. The number of aromatic nitrogens is 1. The van der Waals surface area contributed by atoms with Crippen LogP contribution >= 0.6 is 0 Å². The zero-order valence-electron chi connectivity index (χ0n) is 11.5. The Morgan fingerprint density at radius 1 is 1.28 bits per heavy atom. The van der Waals surface area contributed by atoms with Crippen molar-refractivity contribution in [2.45, 2.75) is 52.2 Å². The highest BCUT2D eigenvalue weighted by Crippen LogP contribution is 2.26. The van der Waals surface area contributed by atoms with Crippen LogP contribution in [0.15, 0.2) is 18.3 Å². The number of ether oxygens (including phenoxy) is 1. The Bertz CT molecular complexity index is 342. The molecule has 0 spiro atoms. The molecule has 0 unspecified atom stereocenters. The van der Waals surface area contributed by atoms with Gasteiger partial charge in [0.1, 0.15) is 6.10 Å². The van der Waals surface area contributed by atoms with E-state index in [1.807, 2.05) is 12.3 Å². The standard InChI is InChI=1S/C15H24N2O/c1-3-16-10-13-6-9-15(17-11-13)18-14-7-4-12(2)5-8-14/h6,9,11-12,14,16H,3-5,7-8,10H2,1-2H3. The molecule has 0 atom stereocenters. The van der Waals surface area contributed by atoms with E-state index in [4.69, 9.17) is 4.74 Å². The van der Waals surface area contributed by atoms with Crippen LogP contribution in [0.3, 0.4) is 0 Å². The van der Waals surface area contributed by atoms with E-state index in [1.165, 1.54) is 31.2 Å². The molecule has 2 rings (SSSR count). The first-order valence-corrected chi connectivity index (χ1v) is 7.10. The molecular weight excluding hydrogens is 224 g/mol. The molecule has 18 heavy (non-hydrogen) atoms. The fourth-order valence-corrected chi connectivity index (χ4v) is 2.37. The smallest absolute Gasteiger partial charge is 0.213 e. The summed E-state index contributed by atoms with van der Waals surface area (Å²) in [6, 6.07) is 4.08. The molecule has 1 aromatic rings. The summed E-state index contributed by atoms with van der Waals surface area (Å²) in [4.78, 5) is 4.38. The number of hydrogen-bond acceptors (Lipinski definition) is 3. The topological polar surface area (TPSA) is 34.1 Å². The molecular formula is C15H24N2O. The third kappa shape index (κ3) is 3.98. The highest BCUT2D eigenvalue weighted by atomic mass is 16.5. The molecule has 0 aromatic carbocycles. The second-order valence-corrected chi connectivity index (χ2v) is 5.28. The van der Waals surface area contributed by atoms with E-state index in [0.29, 0.717) is 6.10 Å². The largest absolute Gasteiger partial charge is 0.474 e. The van der Waals surface area contributed by atoms with Crippen molar-refractivity contribution >= 4 is 0 Å². The molecule has 1 heterocycles. The van der Waals surface area contributed by atoms with E-state index in [1.54, 1.807) is 0 Å². The van der Waals surface area contributed by atoms with Gasteiger partial charge < -0.3 is 10.1 Å². The maximum atomic E-state index is 5.93.